The molecule has 2 N–H and O–H groups in total. The van der Waals surface area contributed by atoms with Gasteiger partial charge in [-0.15, -0.1) is 0 Å². The van der Waals surface area contributed by atoms with Gasteiger partial charge in [0, 0.05) is 22.0 Å². The van der Waals surface area contributed by atoms with Gasteiger partial charge in [0.2, 0.25) is 15.9 Å². The van der Waals surface area contributed by atoms with Gasteiger partial charge in [0.05, 0.1) is 11.9 Å². The van der Waals surface area contributed by atoms with Gasteiger partial charge in [0.15, 0.2) is 0 Å². The highest BCUT2D eigenvalue weighted by Crippen LogP contribution is 2.25. The van der Waals surface area contributed by atoms with Crippen molar-refractivity contribution in [3.8, 4) is 0 Å². The van der Waals surface area contributed by atoms with E-state index in [4.69, 9.17) is 11.6 Å². The summed E-state index contributed by atoms with van der Waals surface area (Å²) in [6.45, 7) is 7.81. The van der Waals surface area contributed by atoms with Gasteiger partial charge in [-0.3, -0.25) is 13.9 Å². The van der Waals surface area contributed by atoms with Gasteiger partial charge in [0.25, 0.3) is 5.91 Å². The summed E-state index contributed by atoms with van der Waals surface area (Å²) in [5.74, 6) is -0.810. The van der Waals surface area contributed by atoms with Gasteiger partial charge in [-0.2, -0.15) is 0 Å². The van der Waals surface area contributed by atoms with Crippen LogP contribution in [0.15, 0.2) is 72.8 Å². The number of nitrogens with zero attached hydrogens (tertiary/aromatic N) is 1. The Labute approximate surface area is 217 Å². The van der Waals surface area contributed by atoms with E-state index in [0.717, 1.165) is 16.1 Å². The third-order valence-corrected chi connectivity index (χ3v) is 7.06. The Morgan fingerprint density at radius 2 is 1.44 bits per heavy atom. The highest BCUT2D eigenvalue weighted by atomic mass is 35.5. The molecule has 0 aliphatic carbocycles. The van der Waals surface area contributed by atoms with Crippen molar-refractivity contribution < 1.29 is 18.0 Å². The molecule has 1 atom stereocenters. The Bertz CT molecular complexity index is 1350. The van der Waals surface area contributed by atoms with Crippen LogP contribution >= 0.6 is 11.6 Å². The molecule has 0 aliphatic heterocycles. The number of halogens is 1. The summed E-state index contributed by atoms with van der Waals surface area (Å²) in [6, 6.07) is 19.2. The molecule has 0 aliphatic rings. The van der Waals surface area contributed by atoms with Gasteiger partial charge >= 0.3 is 0 Å². The highest BCUT2D eigenvalue weighted by molar-refractivity contribution is 7.92. The van der Waals surface area contributed by atoms with Crippen molar-refractivity contribution in [3.05, 3.63) is 88.9 Å². The van der Waals surface area contributed by atoms with Crippen molar-refractivity contribution >= 4 is 50.5 Å². The molecular weight excluding hydrogens is 498 g/mol. The SMILES string of the molecule is C[C@H](C(=O)Nc1cccc(NC(=O)c2ccc(C(C)(C)C)cc2)c1)N(c1ccc(Cl)cc1)S(C)(=O)=O. The van der Waals surface area contributed by atoms with Crippen LogP contribution in [0.3, 0.4) is 0 Å². The molecule has 0 unspecified atom stereocenters. The summed E-state index contributed by atoms with van der Waals surface area (Å²) in [5, 5.41) is 6.01. The number of carbonyl (C=O) groups excluding carboxylic acids is 2. The smallest absolute Gasteiger partial charge is 0.255 e. The number of sulfonamides is 1. The maximum atomic E-state index is 13.0. The Balaban J connectivity index is 1.73. The van der Waals surface area contributed by atoms with E-state index in [-0.39, 0.29) is 11.3 Å². The molecule has 0 aromatic heterocycles. The Morgan fingerprint density at radius 3 is 1.97 bits per heavy atom. The van der Waals surface area contributed by atoms with Crippen LogP contribution in [0.5, 0.6) is 0 Å². The zero-order valence-corrected chi connectivity index (χ0v) is 22.4. The number of hydrogen-bond acceptors (Lipinski definition) is 4. The first-order valence-electron chi connectivity index (χ1n) is 11.3. The molecule has 3 aromatic carbocycles. The van der Waals surface area contributed by atoms with E-state index in [0.29, 0.717) is 27.6 Å². The van der Waals surface area contributed by atoms with Gasteiger partial charge in [0.1, 0.15) is 6.04 Å². The molecule has 0 spiro atoms. The molecule has 2 amide bonds. The fourth-order valence-electron chi connectivity index (χ4n) is 3.64. The molecule has 0 radical (unpaired) electrons. The third-order valence-electron chi connectivity index (χ3n) is 5.57. The van der Waals surface area contributed by atoms with Crippen molar-refractivity contribution in [3.63, 3.8) is 0 Å². The van der Waals surface area contributed by atoms with Crippen molar-refractivity contribution in [2.45, 2.75) is 39.2 Å². The number of carbonyl (C=O) groups is 2. The fraction of sp³-hybridized carbons (Fsp3) is 0.259. The zero-order valence-electron chi connectivity index (χ0n) is 20.9. The monoisotopic (exact) mass is 527 g/mol. The molecule has 0 heterocycles. The number of rotatable bonds is 7. The minimum atomic E-state index is -3.76. The average molecular weight is 528 g/mol. The van der Waals surface area contributed by atoms with E-state index in [1.165, 1.54) is 19.1 Å². The largest absolute Gasteiger partial charge is 0.324 e. The topological polar surface area (TPSA) is 95.6 Å². The number of nitrogens with one attached hydrogen (secondary N) is 2. The van der Waals surface area contributed by atoms with E-state index in [1.54, 1.807) is 48.5 Å². The molecule has 36 heavy (non-hydrogen) atoms. The fourth-order valence-corrected chi connectivity index (χ4v) is 4.94. The quantitative estimate of drug-likeness (QED) is 0.413. The molecule has 0 bridgehead atoms. The lowest BCUT2D eigenvalue weighted by molar-refractivity contribution is -0.116. The minimum absolute atomic E-state index is 0.0150. The molecule has 0 saturated carbocycles. The van der Waals surface area contributed by atoms with Crippen LogP contribution in [0, 0.1) is 0 Å². The third kappa shape index (κ3) is 6.86. The van der Waals surface area contributed by atoms with Gasteiger partial charge in [-0.1, -0.05) is 50.6 Å². The number of anilines is 3. The summed E-state index contributed by atoms with van der Waals surface area (Å²) >= 11 is 5.92. The van der Waals surface area contributed by atoms with Crippen molar-refractivity contribution in [1.29, 1.82) is 0 Å². The second-order valence-electron chi connectivity index (χ2n) is 9.56. The summed E-state index contributed by atoms with van der Waals surface area (Å²) in [4.78, 5) is 25.7. The van der Waals surface area contributed by atoms with E-state index < -0.39 is 22.0 Å². The first-order chi connectivity index (χ1) is 16.8. The lowest BCUT2D eigenvalue weighted by Crippen LogP contribution is -2.45. The maximum absolute atomic E-state index is 13.0. The van der Waals surface area contributed by atoms with Crippen LogP contribution in [-0.4, -0.2) is 32.5 Å². The van der Waals surface area contributed by atoms with Crippen LogP contribution < -0.4 is 14.9 Å². The van der Waals surface area contributed by atoms with E-state index in [2.05, 4.69) is 31.4 Å². The van der Waals surface area contributed by atoms with Gasteiger partial charge < -0.3 is 10.6 Å². The van der Waals surface area contributed by atoms with Crippen LogP contribution in [-0.2, 0) is 20.2 Å². The van der Waals surface area contributed by atoms with Gasteiger partial charge in [-0.05, 0) is 72.5 Å². The van der Waals surface area contributed by atoms with Crippen LogP contribution in [0.4, 0.5) is 17.1 Å². The Kier molecular flexibility index (Phi) is 8.11. The lowest BCUT2D eigenvalue weighted by atomic mass is 9.87. The second-order valence-corrected chi connectivity index (χ2v) is 11.9. The molecule has 3 aromatic rings. The number of benzene rings is 3. The number of hydrogen-bond donors (Lipinski definition) is 2. The zero-order chi connectivity index (χ0) is 26.7. The van der Waals surface area contributed by atoms with E-state index in [1.807, 2.05) is 12.1 Å². The van der Waals surface area contributed by atoms with E-state index in [9.17, 15) is 18.0 Å². The summed E-state index contributed by atoms with van der Waals surface area (Å²) in [6.07, 6.45) is 1.04. The first kappa shape index (κ1) is 27.2. The standard InChI is InChI=1S/C27H30ClN3O4S/c1-18(31(36(5,34)35)24-15-13-21(28)14-16-24)25(32)29-22-7-6-8-23(17-22)30-26(33)19-9-11-20(12-10-19)27(2,3)4/h6-18H,1-5H3,(H,29,32)(H,30,33)/t18-/m1/s1. The molecule has 3 rings (SSSR count). The Hall–Kier alpha value is -3.36. The highest BCUT2D eigenvalue weighted by Gasteiger charge is 2.29. The van der Waals surface area contributed by atoms with Crippen LogP contribution in [0.2, 0.25) is 5.02 Å². The summed E-state index contributed by atoms with van der Waals surface area (Å²) in [5.41, 5.74) is 2.85. The molecule has 190 valence electrons. The molecule has 0 fully saturated rings. The lowest BCUT2D eigenvalue weighted by Gasteiger charge is -2.28. The van der Waals surface area contributed by atoms with Crippen LogP contribution in [0.1, 0.15) is 43.6 Å². The molecule has 7 nitrogen and oxygen atoms in total. The Morgan fingerprint density at radius 1 is 0.889 bits per heavy atom. The van der Waals surface area contributed by atoms with Crippen molar-refractivity contribution in [2.75, 3.05) is 21.2 Å². The molecule has 0 saturated heterocycles. The van der Waals surface area contributed by atoms with Crippen LogP contribution in [0.25, 0.3) is 0 Å². The van der Waals surface area contributed by atoms with Gasteiger partial charge in [-0.25, -0.2) is 8.42 Å². The van der Waals surface area contributed by atoms with E-state index >= 15 is 0 Å². The predicted molar refractivity (Wildman–Crippen MR) is 146 cm³/mol. The van der Waals surface area contributed by atoms with Crippen molar-refractivity contribution in [2.24, 2.45) is 0 Å². The number of amides is 2. The average Bonchev–Trinajstić information content (AvgIpc) is 2.79. The minimum Gasteiger partial charge on any atom is -0.324 e. The first-order valence-corrected chi connectivity index (χ1v) is 13.6. The van der Waals surface area contributed by atoms with Crippen molar-refractivity contribution in [1.82, 2.24) is 0 Å². The predicted octanol–water partition coefficient (Wildman–Crippen LogP) is 5.68. The summed E-state index contributed by atoms with van der Waals surface area (Å²) < 4.78 is 26.0. The summed E-state index contributed by atoms with van der Waals surface area (Å²) in [7, 11) is -3.76. The maximum Gasteiger partial charge on any atom is 0.255 e. The molecule has 9 heteroatoms. The molecular formula is C27H30ClN3O4S. The normalized spacial score (nSPS) is 12.5. The second kappa shape index (κ2) is 10.7.